The number of aromatic nitrogens is 1. The van der Waals surface area contributed by atoms with Crippen LogP contribution in [0.1, 0.15) is 38.1 Å². The summed E-state index contributed by atoms with van der Waals surface area (Å²) >= 11 is 0. The van der Waals surface area contributed by atoms with Crippen molar-refractivity contribution in [2.45, 2.75) is 33.7 Å². The van der Waals surface area contributed by atoms with Crippen molar-refractivity contribution in [2.24, 2.45) is 10.8 Å². The van der Waals surface area contributed by atoms with Crippen LogP contribution in [0.3, 0.4) is 0 Å². The molecule has 1 aliphatic rings. The van der Waals surface area contributed by atoms with E-state index in [1.54, 1.807) is 18.3 Å². The second kappa shape index (κ2) is 3.97. The second-order valence-corrected chi connectivity index (χ2v) is 5.91. The molecule has 0 saturated heterocycles. The Kier molecular flexibility index (Phi) is 2.84. The molecule has 0 unspecified atom stereocenters. The average molecular weight is 248 g/mol. The Morgan fingerprint density at radius 2 is 1.94 bits per heavy atom. The molecule has 0 aromatic carbocycles. The van der Waals surface area contributed by atoms with Crippen LogP contribution < -0.4 is 5.32 Å². The van der Waals surface area contributed by atoms with Gasteiger partial charge < -0.3 is 10.1 Å². The van der Waals surface area contributed by atoms with E-state index in [2.05, 4.69) is 38.0 Å². The third-order valence-electron chi connectivity index (χ3n) is 4.51. The van der Waals surface area contributed by atoms with E-state index in [4.69, 9.17) is 4.74 Å². The number of carbonyl (C=O) groups is 1. The van der Waals surface area contributed by atoms with Crippen LogP contribution >= 0.6 is 0 Å². The van der Waals surface area contributed by atoms with Crippen LogP contribution in [0.25, 0.3) is 0 Å². The number of pyridine rings is 1. The highest BCUT2D eigenvalue weighted by atomic mass is 16.5. The van der Waals surface area contributed by atoms with E-state index in [1.807, 2.05) is 0 Å². The van der Waals surface area contributed by atoms with Crippen molar-refractivity contribution in [1.82, 2.24) is 4.98 Å². The molecule has 4 heteroatoms. The summed E-state index contributed by atoms with van der Waals surface area (Å²) in [4.78, 5) is 15.9. The van der Waals surface area contributed by atoms with Gasteiger partial charge in [0.15, 0.2) is 0 Å². The zero-order valence-electron chi connectivity index (χ0n) is 11.6. The predicted molar refractivity (Wildman–Crippen MR) is 70.5 cm³/mol. The van der Waals surface area contributed by atoms with E-state index in [9.17, 15) is 4.79 Å². The van der Waals surface area contributed by atoms with Crippen LogP contribution in [0.5, 0.6) is 0 Å². The van der Waals surface area contributed by atoms with Gasteiger partial charge in [-0.15, -0.1) is 0 Å². The van der Waals surface area contributed by atoms with Crippen molar-refractivity contribution < 1.29 is 9.53 Å². The minimum absolute atomic E-state index is 0.192. The van der Waals surface area contributed by atoms with Crippen LogP contribution in [0.4, 0.5) is 5.82 Å². The zero-order valence-corrected chi connectivity index (χ0v) is 11.6. The Hall–Kier alpha value is -1.58. The number of carbonyl (C=O) groups excluding carboxylic acids is 1. The van der Waals surface area contributed by atoms with Gasteiger partial charge in [-0.2, -0.15) is 0 Å². The molecule has 2 rings (SSSR count). The first-order valence-electron chi connectivity index (χ1n) is 6.12. The molecule has 1 aliphatic carbocycles. The fourth-order valence-electron chi connectivity index (χ4n) is 2.49. The number of methoxy groups -OCH3 is 1. The van der Waals surface area contributed by atoms with Gasteiger partial charge in [-0.1, -0.05) is 27.7 Å². The monoisotopic (exact) mass is 248 g/mol. The zero-order chi connectivity index (χ0) is 13.6. The summed E-state index contributed by atoms with van der Waals surface area (Å²) in [6.45, 7) is 8.85. The van der Waals surface area contributed by atoms with Crippen LogP contribution in [0.15, 0.2) is 18.3 Å². The van der Waals surface area contributed by atoms with Crippen LogP contribution in [-0.4, -0.2) is 24.1 Å². The summed E-state index contributed by atoms with van der Waals surface area (Å²) < 4.78 is 4.76. The van der Waals surface area contributed by atoms with E-state index >= 15 is 0 Å². The molecule has 0 amide bonds. The third kappa shape index (κ3) is 1.76. The van der Waals surface area contributed by atoms with Crippen LogP contribution in [0, 0.1) is 10.8 Å². The minimum atomic E-state index is -0.359. The van der Waals surface area contributed by atoms with Gasteiger partial charge in [-0.25, -0.2) is 9.78 Å². The summed E-state index contributed by atoms with van der Waals surface area (Å²) in [6.07, 6.45) is 1.68. The van der Waals surface area contributed by atoms with Gasteiger partial charge in [-0.3, -0.25) is 0 Å². The molecule has 4 nitrogen and oxygen atoms in total. The maximum Gasteiger partial charge on any atom is 0.341 e. The highest BCUT2D eigenvalue weighted by Crippen LogP contribution is 2.63. The van der Waals surface area contributed by atoms with Crippen molar-refractivity contribution in [3.05, 3.63) is 23.9 Å². The Morgan fingerprint density at radius 1 is 1.33 bits per heavy atom. The van der Waals surface area contributed by atoms with Gasteiger partial charge in [0.2, 0.25) is 0 Å². The summed E-state index contributed by atoms with van der Waals surface area (Å²) in [7, 11) is 1.38. The minimum Gasteiger partial charge on any atom is -0.465 e. The molecule has 0 bridgehead atoms. The SMILES string of the molecule is COC(=O)c1cccnc1NC1C(C)(C)C1(C)C. The number of anilines is 1. The van der Waals surface area contributed by atoms with E-state index in [1.165, 1.54) is 7.11 Å². The number of ether oxygens (including phenoxy) is 1. The van der Waals surface area contributed by atoms with E-state index < -0.39 is 0 Å². The lowest BCUT2D eigenvalue weighted by atomic mass is 10.0. The molecule has 1 aromatic rings. The molecule has 18 heavy (non-hydrogen) atoms. The van der Waals surface area contributed by atoms with Crippen molar-refractivity contribution in [3.8, 4) is 0 Å². The standard InChI is InChI=1S/C14H20N2O2/c1-13(2)12(14(13,3)4)16-10-9(11(17)18-5)7-6-8-15-10/h6-8,12H,1-5H3,(H,15,16). The summed E-state index contributed by atoms with van der Waals surface area (Å²) in [5, 5.41) is 3.37. The molecule has 1 N–H and O–H groups in total. The lowest BCUT2D eigenvalue weighted by Crippen LogP contribution is -2.15. The molecular weight excluding hydrogens is 228 g/mol. The highest BCUT2D eigenvalue weighted by molar-refractivity contribution is 5.94. The molecule has 0 aliphatic heterocycles. The molecule has 0 atom stereocenters. The maximum absolute atomic E-state index is 11.7. The molecule has 1 aromatic heterocycles. The molecule has 0 spiro atoms. The Bertz CT molecular complexity index is 466. The summed E-state index contributed by atoms with van der Waals surface area (Å²) in [5.74, 6) is 0.245. The highest BCUT2D eigenvalue weighted by Gasteiger charge is 2.65. The largest absolute Gasteiger partial charge is 0.465 e. The molecule has 1 saturated carbocycles. The Labute approximate surface area is 108 Å². The van der Waals surface area contributed by atoms with E-state index in [-0.39, 0.29) is 16.8 Å². The van der Waals surface area contributed by atoms with Gasteiger partial charge in [-0.05, 0) is 23.0 Å². The van der Waals surface area contributed by atoms with Gasteiger partial charge in [0, 0.05) is 12.2 Å². The molecule has 98 valence electrons. The lowest BCUT2D eigenvalue weighted by Gasteiger charge is -2.10. The summed E-state index contributed by atoms with van der Waals surface area (Å²) in [5.41, 5.74) is 0.869. The number of nitrogens with zero attached hydrogens (tertiary/aromatic N) is 1. The molecular formula is C14H20N2O2. The second-order valence-electron chi connectivity index (χ2n) is 5.91. The first kappa shape index (κ1) is 12.9. The quantitative estimate of drug-likeness (QED) is 0.836. The smallest absolute Gasteiger partial charge is 0.341 e. The van der Waals surface area contributed by atoms with Crippen LogP contribution in [-0.2, 0) is 4.74 Å². The van der Waals surface area contributed by atoms with Crippen molar-refractivity contribution >= 4 is 11.8 Å². The fourth-order valence-corrected chi connectivity index (χ4v) is 2.49. The fraction of sp³-hybridized carbons (Fsp3) is 0.571. The normalized spacial score (nSPS) is 20.3. The maximum atomic E-state index is 11.7. The van der Waals surface area contributed by atoms with Gasteiger partial charge >= 0.3 is 5.97 Å². The number of rotatable bonds is 3. The van der Waals surface area contributed by atoms with Gasteiger partial charge in [0.05, 0.1) is 7.11 Å². The number of hydrogen-bond donors (Lipinski definition) is 1. The first-order chi connectivity index (χ1) is 8.32. The molecule has 1 heterocycles. The van der Waals surface area contributed by atoms with Crippen molar-refractivity contribution in [2.75, 3.05) is 12.4 Å². The van der Waals surface area contributed by atoms with Crippen molar-refractivity contribution in [3.63, 3.8) is 0 Å². The van der Waals surface area contributed by atoms with Crippen molar-refractivity contribution in [1.29, 1.82) is 0 Å². The summed E-state index contributed by atoms with van der Waals surface area (Å²) in [6, 6.07) is 3.77. The Morgan fingerprint density at radius 3 is 2.44 bits per heavy atom. The molecule has 1 fully saturated rings. The lowest BCUT2D eigenvalue weighted by molar-refractivity contribution is 0.0601. The average Bonchev–Trinajstić information content (AvgIpc) is 2.71. The van der Waals surface area contributed by atoms with E-state index in [0.29, 0.717) is 17.4 Å². The number of nitrogens with one attached hydrogen (secondary N) is 1. The molecule has 0 radical (unpaired) electrons. The predicted octanol–water partition coefficient (Wildman–Crippen LogP) is 2.71. The number of esters is 1. The van der Waals surface area contributed by atoms with Crippen LogP contribution in [0.2, 0.25) is 0 Å². The van der Waals surface area contributed by atoms with Gasteiger partial charge in [0.1, 0.15) is 11.4 Å². The Balaban J connectivity index is 2.24. The van der Waals surface area contributed by atoms with E-state index in [0.717, 1.165) is 0 Å². The van der Waals surface area contributed by atoms with Gasteiger partial charge in [0.25, 0.3) is 0 Å². The first-order valence-corrected chi connectivity index (χ1v) is 6.12. The number of hydrogen-bond acceptors (Lipinski definition) is 4. The third-order valence-corrected chi connectivity index (χ3v) is 4.51. The topological polar surface area (TPSA) is 51.2 Å².